The van der Waals surface area contributed by atoms with Crippen molar-refractivity contribution in [2.24, 2.45) is 5.73 Å². The van der Waals surface area contributed by atoms with Crippen LogP contribution in [0.15, 0.2) is 36.7 Å². The minimum absolute atomic E-state index is 0.134. The van der Waals surface area contributed by atoms with Gasteiger partial charge >= 0.3 is 6.18 Å². The third-order valence-electron chi connectivity index (χ3n) is 3.83. The van der Waals surface area contributed by atoms with E-state index in [4.69, 9.17) is 10.5 Å². The predicted octanol–water partition coefficient (Wildman–Crippen LogP) is 4.32. The van der Waals surface area contributed by atoms with Gasteiger partial charge in [0, 0.05) is 41.0 Å². The number of aromatic amines is 1. The van der Waals surface area contributed by atoms with Crippen molar-refractivity contribution < 1.29 is 22.7 Å². The van der Waals surface area contributed by atoms with Gasteiger partial charge in [0.2, 0.25) is 11.8 Å². The van der Waals surface area contributed by atoms with Crippen molar-refractivity contribution >= 4 is 23.0 Å². The van der Waals surface area contributed by atoms with E-state index < -0.39 is 23.4 Å². The third-order valence-corrected chi connectivity index (χ3v) is 3.83. The average molecular weight is 404 g/mol. The molecule has 0 bridgehead atoms. The van der Waals surface area contributed by atoms with E-state index in [1.54, 1.807) is 33.0 Å². The molecule has 3 heterocycles. The van der Waals surface area contributed by atoms with Crippen LogP contribution in [0.1, 0.15) is 32.0 Å². The molecule has 0 aliphatic heterocycles. The van der Waals surface area contributed by atoms with Crippen LogP contribution in [0.5, 0.6) is 5.88 Å². The van der Waals surface area contributed by atoms with Crippen molar-refractivity contribution in [3.05, 3.63) is 47.9 Å². The number of nitrogens with zero attached hydrogens (tertiary/aromatic N) is 2. The van der Waals surface area contributed by atoms with Crippen molar-refractivity contribution in [2.75, 3.05) is 0 Å². The van der Waals surface area contributed by atoms with E-state index in [0.717, 1.165) is 6.07 Å². The fraction of sp³-hybridized carbons (Fsp3) is 0.250. The van der Waals surface area contributed by atoms with Crippen molar-refractivity contribution in [3.8, 4) is 17.0 Å². The molecule has 0 aliphatic rings. The zero-order chi connectivity index (χ0) is 21.4. The van der Waals surface area contributed by atoms with Crippen LogP contribution in [0.2, 0.25) is 0 Å². The lowest BCUT2D eigenvalue weighted by molar-refractivity contribution is -0.141. The zero-order valence-electron chi connectivity index (χ0n) is 16.0. The van der Waals surface area contributed by atoms with E-state index in [2.05, 4.69) is 15.0 Å². The SMILES string of the molecule is CC(C)(C)Oc1cc(-c2cnc3[nH]cc(C=CC(N)=O)c3c2)cc(C(F)(F)F)n1. The average Bonchev–Trinajstić information content (AvgIpc) is 2.99. The second-order valence-electron chi connectivity index (χ2n) is 7.39. The number of primary amides is 1. The van der Waals surface area contributed by atoms with E-state index in [1.807, 2.05) is 0 Å². The summed E-state index contributed by atoms with van der Waals surface area (Å²) in [6.45, 7) is 5.16. The van der Waals surface area contributed by atoms with Gasteiger partial charge in [0.15, 0.2) is 0 Å². The van der Waals surface area contributed by atoms with Gasteiger partial charge in [-0.3, -0.25) is 4.79 Å². The van der Waals surface area contributed by atoms with Crippen LogP contribution in [-0.2, 0) is 11.0 Å². The zero-order valence-corrected chi connectivity index (χ0v) is 16.0. The number of carbonyl (C=O) groups excluding carboxylic acids is 1. The second-order valence-corrected chi connectivity index (χ2v) is 7.39. The smallest absolute Gasteiger partial charge is 0.433 e. The fourth-order valence-corrected chi connectivity index (χ4v) is 2.67. The monoisotopic (exact) mass is 404 g/mol. The Morgan fingerprint density at radius 1 is 1.17 bits per heavy atom. The molecular formula is C20H19F3N4O2. The second kappa shape index (κ2) is 7.23. The molecule has 9 heteroatoms. The van der Waals surface area contributed by atoms with Crippen molar-refractivity contribution in [2.45, 2.75) is 32.5 Å². The third kappa shape index (κ3) is 4.92. The van der Waals surface area contributed by atoms with Crippen molar-refractivity contribution in [1.29, 1.82) is 0 Å². The highest BCUT2D eigenvalue weighted by atomic mass is 19.4. The Hall–Kier alpha value is -3.36. The summed E-state index contributed by atoms with van der Waals surface area (Å²) in [5.74, 6) is -0.748. The summed E-state index contributed by atoms with van der Waals surface area (Å²) in [5.41, 5.74) is 5.19. The summed E-state index contributed by atoms with van der Waals surface area (Å²) >= 11 is 0. The van der Waals surface area contributed by atoms with Gasteiger partial charge in [-0.15, -0.1) is 0 Å². The van der Waals surface area contributed by atoms with Gasteiger partial charge in [0.05, 0.1) is 0 Å². The van der Waals surface area contributed by atoms with Crippen LogP contribution in [0.3, 0.4) is 0 Å². The highest BCUT2D eigenvalue weighted by Gasteiger charge is 2.34. The number of nitrogens with two attached hydrogens (primary N) is 1. The molecule has 0 radical (unpaired) electrons. The number of alkyl halides is 3. The molecule has 3 aromatic heterocycles. The van der Waals surface area contributed by atoms with Gasteiger partial charge in [-0.25, -0.2) is 9.97 Å². The largest absolute Gasteiger partial charge is 0.472 e. The van der Waals surface area contributed by atoms with E-state index in [9.17, 15) is 18.0 Å². The molecule has 0 atom stereocenters. The summed E-state index contributed by atoms with van der Waals surface area (Å²) in [7, 11) is 0. The van der Waals surface area contributed by atoms with Crippen molar-refractivity contribution in [3.63, 3.8) is 0 Å². The number of fused-ring (bicyclic) bond motifs is 1. The molecule has 3 aromatic rings. The first-order valence-electron chi connectivity index (χ1n) is 8.66. The van der Waals surface area contributed by atoms with Crippen LogP contribution in [0, 0.1) is 0 Å². The van der Waals surface area contributed by atoms with Gasteiger partial charge in [0.25, 0.3) is 0 Å². The number of halogens is 3. The van der Waals surface area contributed by atoms with E-state index in [-0.39, 0.29) is 11.4 Å². The summed E-state index contributed by atoms with van der Waals surface area (Å²) < 4.78 is 45.6. The lowest BCUT2D eigenvalue weighted by Gasteiger charge is -2.21. The van der Waals surface area contributed by atoms with Crippen LogP contribution in [-0.4, -0.2) is 26.5 Å². The highest BCUT2D eigenvalue weighted by Crippen LogP contribution is 2.35. The summed E-state index contributed by atoms with van der Waals surface area (Å²) in [6.07, 6.45) is 1.15. The number of ether oxygens (including phenoxy) is 1. The molecule has 0 saturated heterocycles. The number of amides is 1. The predicted molar refractivity (Wildman–Crippen MR) is 103 cm³/mol. The maximum atomic E-state index is 13.3. The molecule has 29 heavy (non-hydrogen) atoms. The number of hydrogen-bond acceptors (Lipinski definition) is 4. The van der Waals surface area contributed by atoms with Crippen LogP contribution in [0.4, 0.5) is 13.2 Å². The summed E-state index contributed by atoms with van der Waals surface area (Å²) in [5, 5.41) is 0.628. The van der Waals surface area contributed by atoms with Gasteiger partial charge < -0.3 is 15.5 Å². The molecule has 3 rings (SSSR count). The topological polar surface area (TPSA) is 93.9 Å². The molecule has 0 spiro atoms. The first kappa shape index (κ1) is 20.4. The lowest BCUT2D eigenvalue weighted by Crippen LogP contribution is -2.24. The van der Waals surface area contributed by atoms with E-state index in [1.165, 1.54) is 24.4 Å². The first-order chi connectivity index (χ1) is 13.4. The Labute approximate surface area is 164 Å². The molecule has 0 aliphatic carbocycles. The molecule has 0 saturated carbocycles. The molecule has 3 N–H and O–H groups in total. The summed E-state index contributed by atoms with van der Waals surface area (Å²) in [6, 6.07) is 4.06. The number of H-pyrrole nitrogens is 1. The van der Waals surface area contributed by atoms with Gasteiger partial charge in [-0.2, -0.15) is 13.2 Å². The normalized spacial score (nSPS) is 12.6. The number of pyridine rings is 2. The quantitative estimate of drug-likeness (QED) is 0.633. The Bertz CT molecular complexity index is 1100. The van der Waals surface area contributed by atoms with Crippen LogP contribution < -0.4 is 10.5 Å². The summed E-state index contributed by atoms with van der Waals surface area (Å²) in [4.78, 5) is 21.8. The minimum atomic E-state index is -4.63. The van der Waals surface area contributed by atoms with Gasteiger partial charge in [-0.05, 0) is 44.5 Å². The highest BCUT2D eigenvalue weighted by molar-refractivity contribution is 5.95. The maximum absolute atomic E-state index is 13.3. The molecule has 6 nitrogen and oxygen atoms in total. The maximum Gasteiger partial charge on any atom is 0.433 e. The van der Waals surface area contributed by atoms with E-state index >= 15 is 0 Å². The van der Waals surface area contributed by atoms with Crippen molar-refractivity contribution in [1.82, 2.24) is 15.0 Å². The first-order valence-corrected chi connectivity index (χ1v) is 8.66. The van der Waals surface area contributed by atoms with Crippen LogP contribution >= 0.6 is 0 Å². The molecule has 0 fully saturated rings. The number of nitrogens with one attached hydrogen (secondary N) is 1. The number of hydrogen-bond donors (Lipinski definition) is 2. The number of aromatic nitrogens is 3. The fourth-order valence-electron chi connectivity index (χ4n) is 2.67. The van der Waals surface area contributed by atoms with E-state index in [0.29, 0.717) is 22.2 Å². The van der Waals surface area contributed by atoms with Gasteiger partial charge in [-0.1, -0.05) is 0 Å². The van der Waals surface area contributed by atoms with Crippen LogP contribution in [0.25, 0.3) is 28.2 Å². The Kier molecular flexibility index (Phi) is 5.08. The van der Waals surface area contributed by atoms with Gasteiger partial charge in [0.1, 0.15) is 16.9 Å². The molecular weight excluding hydrogens is 385 g/mol. The Balaban J connectivity index is 2.13. The molecule has 0 unspecified atom stereocenters. The molecule has 1 amide bonds. The standard InChI is InChI=1S/C20H19F3N4O2/c1-19(2,3)29-17-8-12(7-15(27-17)20(21,22)23)13-6-14-11(4-5-16(24)28)9-25-18(14)26-10-13/h4-10H,1-3H3,(H2,24,28)(H,25,26). The Morgan fingerprint density at radius 2 is 1.90 bits per heavy atom. The Morgan fingerprint density at radius 3 is 2.52 bits per heavy atom. The number of rotatable bonds is 4. The minimum Gasteiger partial charge on any atom is -0.472 e. The molecule has 152 valence electrons. The molecule has 0 aromatic carbocycles. The number of carbonyl (C=O) groups is 1. The lowest BCUT2D eigenvalue weighted by atomic mass is 10.1.